The molecule has 5 heteroatoms. The highest BCUT2D eigenvalue weighted by molar-refractivity contribution is 5.84. The van der Waals surface area contributed by atoms with Crippen molar-refractivity contribution < 1.29 is 24.5 Å². The van der Waals surface area contributed by atoms with E-state index in [9.17, 15) is 19.8 Å². The van der Waals surface area contributed by atoms with Gasteiger partial charge in [-0.3, -0.25) is 9.59 Å². The van der Waals surface area contributed by atoms with Gasteiger partial charge in [0.05, 0.1) is 19.3 Å². The minimum absolute atomic E-state index is 0.0865. The number of ether oxygens (including phenoxy) is 1. The fraction of sp³-hybridized carbons (Fsp3) is 0.652. The quantitative estimate of drug-likeness (QED) is 0.320. The number of carbonyl (C=O) groups is 2. The molecule has 0 heterocycles. The number of methoxy groups -OCH3 is 1. The topological polar surface area (TPSA) is 83.8 Å². The number of hydrogen-bond donors (Lipinski definition) is 2. The summed E-state index contributed by atoms with van der Waals surface area (Å²) in [5.74, 6) is -0.559. The number of rotatable bonds is 11. The maximum absolute atomic E-state index is 12.2. The van der Waals surface area contributed by atoms with Gasteiger partial charge in [-0.05, 0) is 38.5 Å². The molecule has 0 spiro atoms. The molecule has 1 unspecified atom stereocenters. The lowest BCUT2D eigenvalue weighted by Crippen LogP contribution is -2.39. The summed E-state index contributed by atoms with van der Waals surface area (Å²) >= 11 is 0. The summed E-state index contributed by atoms with van der Waals surface area (Å²) in [5.41, 5.74) is -0.166. The van der Waals surface area contributed by atoms with Gasteiger partial charge >= 0.3 is 5.97 Å². The molecule has 0 saturated heterocycles. The Morgan fingerprint density at radius 3 is 2.71 bits per heavy atom. The minimum atomic E-state index is -0.657. The smallest absolute Gasteiger partial charge is 0.305 e. The van der Waals surface area contributed by atoms with Crippen molar-refractivity contribution in [2.45, 2.75) is 70.0 Å². The number of aliphatic hydroxyl groups is 2. The first kappa shape index (κ1) is 22.6. The van der Waals surface area contributed by atoms with Gasteiger partial charge < -0.3 is 14.9 Å². The van der Waals surface area contributed by atoms with Crippen molar-refractivity contribution in [3.63, 3.8) is 0 Å². The van der Waals surface area contributed by atoms with Crippen LogP contribution in [-0.2, 0) is 14.3 Å². The van der Waals surface area contributed by atoms with Gasteiger partial charge in [0.1, 0.15) is 5.78 Å². The molecule has 28 heavy (non-hydrogen) atoms. The summed E-state index contributed by atoms with van der Waals surface area (Å²) in [5, 5.41) is 20.7. The Labute approximate surface area is 168 Å². The number of aliphatic hydroxyl groups excluding tert-OH is 2. The molecule has 4 atom stereocenters. The monoisotopic (exact) mass is 390 g/mol. The summed E-state index contributed by atoms with van der Waals surface area (Å²) in [7, 11) is 1.38. The number of hydrogen-bond acceptors (Lipinski definition) is 5. The van der Waals surface area contributed by atoms with E-state index in [2.05, 4.69) is 11.3 Å². The van der Waals surface area contributed by atoms with Crippen LogP contribution in [0.5, 0.6) is 0 Å². The third-order valence-electron chi connectivity index (χ3n) is 6.34. The normalized spacial score (nSPS) is 27.8. The van der Waals surface area contributed by atoms with E-state index in [-0.39, 0.29) is 35.4 Å². The van der Waals surface area contributed by atoms with Crippen LogP contribution >= 0.6 is 0 Å². The van der Waals surface area contributed by atoms with E-state index < -0.39 is 12.2 Å². The summed E-state index contributed by atoms with van der Waals surface area (Å²) in [4.78, 5) is 23.3. The van der Waals surface area contributed by atoms with Crippen LogP contribution in [0.3, 0.4) is 0 Å². The van der Waals surface area contributed by atoms with Crippen LogP contribution in [-0.4, -0.2) is 41.3 Å². The fourth-order valence-corrected chi connectivity index (χ4v) is 4.21. The summed E-state index contributed by atoms with van der Waals surface area (Å²) < 4.78 is 4.60. The zero-order valence-corrected chi connectivity index (χ0v) is 16.9. The van der Waals surface area contributed by atoms with Crippen LogP contribution < -0.4 is 0 Å². The Bertz CT molecular complexity index is 602. The molecule has 0 bridgehead atoms. The lowest BCUT2D eigenvalue weighted by molar-refractivity contribution is -0.140. The first-order chi connectivity index (χ1) is 13.4. The highest BCUT2D eigenvalue weighted by Crippen LogP contribution is 2.46. The average Bonchev–Trinajstić information content (AvgIpc) is 2.90. The molecule has 2 rings (SSSR count). The van der Waals surface area contributed by atoms with Crippen molar-refractivity contribution in [1.29, 1.82) is 0 Å². The second kappa shape index (κ2) is 10.7. The van der Waals surface area contributed by atoms with E-state index in [1.54, 1.807) is 0 Å². The number of carbonyl (C=O) groups excluding carboxylic acids is 2. The molecule has 5 nitrogen and oxygen atoms in total. The summed E-state index contributed by atoms with van der Waals surface area (Å²) in [6.45, 7) is 3.86. The highest BCUT2D eigenvalue weighted by atomic mass is 16.5. The SMILES string of the molecule is C=CC1(C(O)C/C=C/[C@H]2[C@H](O)CC(=O)[C@@H]2C/C=C\CCCC(=O)OC)CCC1. The largest absolute Gasteiger partial charge is 0.469 e. The van der Waals surface area contributed by atoms with E-state index in [1.807, 2.05) is 30.4 Å². The molecule has 0 aliphatic heterocycles. The maximum atomic E-state index is 12.2. The van der Waals surface area contributed by atoms with Crippen LogP contribution in [0.4, 0.5) is 0 Å². The molecule has 2 saturated carbocycles. The van der Waals surface area contributed by atoms with Gasteiger partial charge in [-0.15, -0.1) is 6.58 Å². The molecular weight excluding hydrogens is 356 g/mol. The van der Waals surface area contributed by atoms with E-state index in [1.165, 1.54) is 7.11 Å². The molecule has 0 radical (unpaired) electrons. The second-order valence-electron chi connectivity index (χ2n) is 8.07. The third-order valence-corrected chi connectivity index (χ3v) is 6.34. The highest BCUT2D eigenvalue weighted by Gasteiger charge is 2.41. The van der Waals surface area contributed by atoms with Crippen LogP contribution in [0.2, 0.25) is 0 Å². The molecule has 0 amide bonds. The van der Waals surface area contributed by atoms with Gasteiger partial charge in [0.25, 0.3) is 0 Å². The lowest BCUT2D eigenvalue weighted by atomic mass is 9.64. The Morgan fingerprint density at radius 2 is 2.11 bits per heavy atom. The third kappa shape index (κ3) is 5.65. The summed E-state index contributed by atoms with van der Waals surface area (Å²) in [6.07, 6.45) is 14.7. The van der Waals surface area contributed by atoms with E-state index >= 15 is 0 Å². The Balaban J connectivity index is 1.83. The van der Waals surface area contributed by atoms with Crippen LogP contribution in [0, 0.1) is 17.3 Å². The standard InChI is InChI=1S/C23H34O5/c1-3-23(14-9-15-23)21(26)12-8-11-18-17(19(24)16-20(18)25)10-6-4-5-7-13-22(27)28-2/h3-4,6,8,11,17-18,20-21,25-26H,1,5,7,9-10,12-16H2,2H3/b6-4-,11-8+/t17-,18-,20-,21?/m1/s1. The molecule has 156 valence electrons. The number of unbranched alkanes of at least 4 members (excludes halogenated alkanes) is 1. The van der Waals surface area contributed by atoms with E-state index in [0.717, 1.165) is 32.1 Å². The molecule has 0 aromatic carbocycles. The fourth-order valence-electron chi connectivity index (χ4n) is 4.21. The predicted octanol–water partition coefficient (Wildman–Crippen LogP) is 3.51. The van der Waals surface area contributed by atoms with Crippen LogP contribution in [0.15, 0.2) is 37.0 Å². The molecule has 2 aliphatic rings. The number of allylic oxidation sites excluding steroid dienone is 2. The van der Waals surface area contributed by atoms with Gasteiger partial charge in [-0.1, -0.05) is 36.8 Å². The zero-order valence-electron chi connectivity index (χ0n) is 16.9. The lowest BCUT2D eigenvalue weighted by Gasteiger charge is -2.43. The number of ketones is 1. The predicted molar refractivity (Wildman–Crippen MR) is 108 cm³/mol. The van der Waals surface area contributed by atoms with Gasteiger partial charge in [0, 0.05) is 30.1 Å². The molecular formula is C23H34O5. The van der Waals surface area contributed by atoms with Crippen molar-refractivity contribution in [1.82, 2.24) is 0 Å². The van der Waals surface area contributed by atoms with Crippen LogP contribution in [0.1, 0.15) is 57.8 Å². The van der Waals surface area contributed by atoms with Crippen molar-refractivity contribution in [2.24, 2.45) is 17.3 Å². The number of Topliss-reactive ketones (excluding diaryl/α,β-unsaturated/α-hetero) is 1. The van der Waals surface area contributed by atoms with Gasteiger partial charge in [-0.25, -0.2) is 0 Å². The second-order valence-corrected chi connectivity index (χ2v) is 8.07. The van der Waals surface area contributed by atoms with Crippen LogP contribution in [0.25, 0.3) is 0 Å². The van der Waals surface area contributed by atoms with E-state index in [0.29, 0.717) is 19.3 Å². The molecule has 2 fully saturated rings. The van der Waals surface area contributed by atoms with Gasteiger partial charge in [0.15, 0.2) is 0 Å². The van der Waals surface area contributed by atoms with Crippen molar-refractivity contribution in [3.8, 4) is 0 Å². The van der Waals surface area contributed by atoms with Crippen molar-refractivity contribution in [3.05, 3.63) is 37.0 Å². The first-order valence-electron chi connectivity index (χ1n) is 10.3. The number of esters is 1. The molecule has 2 aliphatic carbocycles. The Morgan fingerprint density at radius 1 is 1.36 bits per heavy atom. The zero-order chi connectivity index (χ0) is 20.6. The van der Waals surface area contributed by atoms with Gasteiger partial charge in [-0.2, -0.15) is 0 Å². The maximum Gasteiger partial charge on any atom is 0.305 e. The molecule has 0 aromatic heterocycles. The average molecular weight is 391 g/mol. The van der Waals surface area contributed by atoms with E-state index in [4.69, 9.17) is 0 Å². The first-order valence-corrected chi connectivity index (χ1v) is 10.3. The Hall–Kier alpha value is -1.72. The van der Waals surface area contributed by atoms with Crippen molar-refractivity contribution in [2.75, 3.05) is 7.11 Å². The summed E-state index contributed by atoms with van der Waals surface area (Å²) in [6, 6.07) is 0. The molecule has 0 aromatic rings. The Kier molecular flexibility index (Phi) is 8.64. The minimum Gasteiger partial charge on any atom is -0.469 e. The molecule has 2 N–H and O–H groups in total. The van der Waals surface area contributed by atoms with Gasteiger partial charge in [0.2, 0.25) is 0 Å². The van der Waals surface area contributed by atoms with Crippen molar-refractivity contribution >= 4 is 11.8 Å².